The first kappa shape index (κ1) is 12.3. The summed E-state index contributed by atoms with van der Waals surface area (Å²) < 4.78 is 4.53. The lowest BCUT2D eigenvalue weighted by Crippen LogP contribution is -2.30. The van der Waals surface area contributed by atoms with Gasteiger partial charge < -0.3 is 15.1 Å². The van der Waals surface area contributed by atoms with Gasteiger partial charge in [0.15, 0.2) is 5.69 Å². The number of esters is 1. The quantitative estimate of drug-likeness (QED) is 0.280. The maximum absolute atomic E-state index is 11.0. The number of aliphatic hydroxyl groups excluding tert-OH is 1. The Morgan fingerprint density at radius 3 is 3.12 bits per heavy atom. The Hall–Kier alpha value is -1.82. The summed E-state index contributed by atoms with van der Waals surface area (Å²) in [6, 6.07) is 1.30. The summed E-state index contributed by atoms with van der Waals surface area (Å²) in [4.78, 5) is 11.3. The van der Waals surface area contributed by atoms with Gasteiger partial charge in [-0.1, -0.05) is 16.4 Å². The number of rotatable bonds is 3. The molecule has 0 saturated carbocycles. The molecule has 0 aliphatic carbocycles. The topological polar surface area (TPSA) is 86.4 Å². The molecule has 0 radical (unpaired) electrons. The van der Waals surface area contributed by atoms with E-state index in [9.17, 15) is 15.1 Å². The minimum Gasteiger partial charge on any atom is -0.594 e. The highest BCUT2D eigenvalue weighted by atomic mass is 35.5. The van der Waals surface area contributed by atoms with E-state index >= 15 is 0 Å². The van der Waals surface area contributed by atoms with E-state index in [1.54, 1.807) is 6.92 Å². The van der Waals surface area contributed by atoms with Gasteiger partial charge in [-0.3, -0.25) is 0 Å². The van der Waals surface area contributed by atoms with Crippen molar-refractivity contribution in [1.29, 1.82) is 0 Å². The van der Waals surface area contributed by atoms with E-state index < -0.39 is 11.7 Å². The van der Waals surface area contributed by atoms with Crippen molar-refractivity contribution >= 4 is 23.6 Å². The molecule has 1 heterocycles. The van der Waals surface area contributed by atoms with Crippen molar-refractivity contribution in [2.24, 2.45) is 0 Å². The van der Waals surface area contributed by atoms with Crippen molar-refractivity contribution in [1.82, 2.24) is 5.10 Å². The maximum Gasteiger partial charge on any atom is 0.373 e. The van der Waals surface area contributed by atoms with Gasteiger partial charge in [-0.05, 0) is 6.92 Å². The minimum absolute atomic E-state index is 0.00952. The van der Waals surface area contributed by atoms with Crippen LogP contribution in [0, 0.1) is 5.21 Å². The second kappa shape index (κ2) is 5.32. The number of hydrogen-bond donors (Lipinski definition) is 1. The highest BCUT2D eigenvalue weighted by molar-refractivity contribution is 6.31. The molecule has 1 rings (SSSR count). The standard InChI is InChI=1S/C9H9ClN2O4/c1-2-16-9(14)8(13)5-7-6(10)3-4-12(15)11-7/h3-5,13H,2H2,1H3/b8-5-. The third-order valence-corrected chi connectivity index (χ3v) is 1.88. The number of halogens is 1. The molecule has 0 atom stereocenters. The summed E-state index contributed by atoms with van der Waals surface area (Å²) in [6.07, 6.45) is 2.07. The van der Waals surface area contributed by atoms with E-state index in [0.717, 1.165) is 12.3 Å². The van der Waals surface area contributed by atoms with Crippen LogP contribution in [0.4, 0.5) is 0 Å². The van der Waals surface area contributed by atoms with Crippen LogP contribution in [0.25, 0.3) is 6.08 Å². The summed E-state index contributed by atoms with van der Waals surface area (Å²) in [5.74, 6) is -1.57. The van der Waals surface area contributed by atoms with Crippen LogP contribution < -0.4 is 4.85 Å². The highest BCUT2D eigenvalue weighted by Crippen LogP contribution is 2.13. The smallest absolute Gasteiger partial charge is 0.373 e. The number of aliphatic hydroxyl groups is 1. The third-order valence-electron chi connectivity index (χ3n) is 1.56. The molecule has 0 fully saturated rings. The summed E-state index contributed by atoms with van der Waals surface area (Å²) >= 11 is 5.70. The molecule has 0 aliphatic heterocycles. The van der Waals surface area contributed by atoms with Crippen molar-refractivity contribution < 1.29 is 19.5 Å². The van der Waals surface area contributed by atoms with Gasteiger partial charge in [0, 0.05) is 17.2 Å². The van der Waals surface area contributed by atoms with Gasteiger partial charge in [0.25, 0.3) is 0 Å². The molecular formula is C9H9ClN2O4. The van der Waals surface area contributed by atoms with Crippen LogP contribution in [0.5, 0.6) is 0 Å². The molecule has 0 saturated heterocycles. The Kier molecular flexibility index (Phi) is 4.07. The monoisotopic (exact) mass is 244 g/mol. The number of nitrogens with zero attached hydrogens (tertiary/aromatic N) is 2. The largest absolute Gasteiger partial charge is 0.594 e. The van der Waals surface area contributed by atoms with E-state index in [1.165, 1.54) is 6.07 Å². The fourth-order valence-electron chi connectivity index (χ4n) is 0.893. The zero-order chi connectivity index (χ0) is 12.1. The van der Waals surface area contributed by atoms with Crippen molar-refractivity contribution in [3.05, 3.63) is 33.9 Å². The van der Waals surface area contributed by atoms with Gasteiger partial charge in [-0.25, -0.2) is 4.79 Å². The van der Waals surface area contributed by atoms with Crippen LogP contribution >= 0.6 is 11.6 Å². The molecule has 16 heavy (non-hydrogen) atoms. The lowest BCUT2D eigenvalue weighted by molar-refractivity contribution is -0.669. The van der Waals surface area contributed by atoms with Crippen LogP contribution in [-0.2, 0) is 9.53 Å². The van der Waals surface area contributed by atoms with E-state index in [1.807, 2.05) is 0 Å². The lowest BCUT2D eigenvalue weighted by atomic mass is 10.3. The van der Waals surface area contributed by atoms with Crippen LogP contribution in [0.1, 0.15) is 12.6 Å². The van der Waals surface area contributed by atoms with Crippen molar-refractivity contribution in [2.45, 2.75) is 6.92 Å². The van der Waals surface area contributed by atoms with Crippen molar-refractivity contribution in [3.63, 3.8) is 0 Å². The SMILES string of the molecule is CCOC(=O)/C(O)=C/c1n[n+]([O-])ccc1Cl. The lowest BCUT2D eigenvalue weighted by Gasteiger charge is -2.00. The Balaban J connectivity index is 2.97. The molecule has 1 N–H and O–H groups in total. The zero-order valence-corrected chi connectivity index (χ0v) is 9.14. The number of carbonyl (C=O) groups excluding carboxylic acids is 1. The van der Waals surface area contributed by atoms with E-state index in [-0.39, 0.29) is 22.2 Å². The zero-order valence-electron chi connectivity index (χ0n) is 8.38. The average molecular weight is 245 g/mol. The Bertz CT molecular complexity index is 434. The van der Waals surface area contributed by atoms with Gasteiger partial charge in [0.2, 0.25) is 12.0 Å². The fourth-order valence-corrected chi connectivity index (χ4v) is 1.04. The van der Waals surface area contributed by atoms with Gasteiger partial charge in [0.1, 0.15) is 0 Å². The second-order valence-corrected chi connectivity index (χ2v) is 3.11. The first-order valence-electron chi connectivity index (χ1n) is 4.38. The molecular weight excluding hydrogens is 236 g/mol. The molecule has 86 valence electrons. The summed E-state index contributed by atoms with van der Waals surface area (Å²) in [5.41, 5.74) is -0.00952. The summed E-state index contributed by atoms with van der Waals surface area (Å²) in [7, 11) is 0. The maximum atomic E-state index is 11.0. The molecule has 7 heteroatoms. The molecule has 0 aromatic carbocycles. The van der Waals surface area contributed by atoms with Gasteiger partial charge in [-0.2, -0.15) is 0 Å². The first-order chi connectivity index (χ1) is 7.54. The molecule has 6 nitrogen and oxygen atoms in total. The number of ether oxygens (including phenoxy) is 1. The molecule has 0 aliphatic rings. The molecule has 0 unspecified atom stereocenters. The molecule has 1 aromatic heterocycles. The third kappa shape index (κ3) is 3.09. The van der Waals surface area contributed by atoms with Crippen molar-refractivity contribution in [3.8, 4) is 0 Å². The second-order valence-electron chi connectivity index (χ2n) is 2.70. The van der Waals surface area contributed by atoms with Crippen LogP contribution in [0.3, 0.4) is 0 Å². The van der Waals surface area contributed by atoms with E-state index in [2.05, 4.69) is 9.84 Å². The minimum atomic E-state index is -0.901. The molecule has 0 bridgehead atoms. The van der Waals surface area contributed by atoms with Gasteiger partial charge in [0.05, 0.1) is 11.6 Å². The van der Waals surface area contributed by atoms with Gasteiger partial charge >= 0.3 is 5.97 Å². The normalized spacial score (nSPS) is 11.2. The Morgan fingerprint density at radius 1 is 1.81 bits per heavy atom. The van der Waals surface area contributed by atoms with Crippen LogP contribution in [-0.4, -0.2) is 22.8 Å². The number of aromatic nitrogens is 2. The molecule has 0 spiro atoms. The number of hydrogen-bond acceptors (Lipinski definition) is 5. The Morgan fingerprint density at radius 2 is 2.50 bits per heavy atom. The summed E-state index contributed by atoms with van der Waals surface area (Å²) in [5, 5.41) is 23.7. The number of carbonyl (C=O) groups is 1. The molecule has 1 aromatic rings. The van der Waals surface area contributed by atoms with Crippen LogP contribution in [0.2, 0.25) is 5.02 Å². The van der Waals surface area contributed by atoms with Crippen molar-refractivity contribution in [2.75, 3.05) is 6.61 Å². The van der Waals surface area contributed by atoms with Crippen LogP contribution in [0.15, 0.2) is 18.0 Å². The highest BCUT2D eigenvalue weighted by Gasteiger charge is 2.12. The Labute approximate surface area is 96.3 Å². The van der Waals surface area contributed by atoms with E-state index in [0.29, 0.717) is 0 Å². The van der Waals surface area contributed by atoms with E-state index in [4.69, 9.17) is 11.6 Å². The predicted octanol–water partition coefficient (Wildman–Crippen LogP) is 0.830. The molecule has 0 amide bonds. The summed E-state index contributed by atoms with van der Waals surface area (Å²) in [6.45, 7) is 1.73. The fraction of sp³-hybridized carbons (Fsp3) is 0.222. The predicted molar refractivity (Wildman–Crippen MR) is 55.4 cm³/mol. The first-order valence-corrected chi connectivity index (χ1v) is 4.76. The van der Waals surface area contributed by atoms with Gasteiger partial charge in [-0.15, -0.1) is 0 Å². The average Bonchev–Trinajstić information content (AvgIpc) is 2.23.